The normalized spacial score (nSPS) is 13.6. The molecule has 0 aliphatic carbocycles. The lowest BCUT2D eigenvalue weighted by Crippen LogP contribution is -2.34. The molecule has 3 heteroatoms. The van der Waals surface area contributed by atoms with Crippen molar-refractivity contribution < 1.29 is 4.79 Å². The standard InChI is InChI=1S/C13H28N2O/c1-6-7-14-8-9-15-12(16)10-11(2)13(3,4)5/h11,14H,6-10H2,1-5H3,(H,15,16). The summed E-state index contributed by atoms with van der Waals surface area (Å²) < 4.78 is 0. The van der Waals surface area contributed by atoms with E-state index in [9.17, 15) is 4.79 Å². The highest BCUT2D eigenvalue weighted by molar-refractivity contribution is 5.76. The maximum absolute atomic E-state index is 11.6. The summed E-state index contributed by atoms with van der Waals surface area (Å²) in [5, 5.41) is 6.20. The van der Waals surface area contributed by atoms with Crippen LogP contribution in [0.1, 0.15) is 47.5 Å². The van der Waals surface area contributed by atoms with Crippen molar-refractivity contribution in [2.45, 2.75) is 47.5 Å². The lowest BCUT2D eigenvalue weighted by molar-refractivity contribution is -0.122. The molecule has 0 aromatic heterocycles. The Hall–Kier alpha value is -0.570. The molecular formula is C13H28N2O. The Kier molecular flexibility index (Phi) is 7.39. The van der Waals surface area contributed by atoms with Crippen LogP contribution in [0.5, 0.6) is 0 Å². The molecule has 1 unspecified atom stereocenters. The smallest absolute Gasteiger partial charge is 0.220 e. The van der Waals surface area contributed by atoms with Gasteiger partial charge in [-0.1, -0.05) is 34.6 Å². The van der Waals surface area contributed by atoms with Gasteiger partial charge in [-0.15, -0.1) is 0 Å². The second-order valence-electron chi connectivity index (χ2n) is 5.57. The van der Waals surface area contributed by atoms with E-state index in [1.165, 1.54) is 0 Å². The van der Waals surface area contributed by atoms with Gasteiger partial charge in [-0.25, -0.2) is 0 Å². The summed E-state index contributed by atoms with van der Waals surface area (Å²) in [5.41, 5.74) is 0.206. The van der Waals surface area contributed by atoms with Crippen LogP contribution >= 0.6 is 0 Å². The zero-order valence-corrected chi connectivity index (χ0v) is 11.5. The number of carbonyl (C=O) groups excluding carboxylic acids is 1. The molecule has 0 radical (unpaired) electrons. The van der Waals surface area contributed by atoms with Crippen LogP contribution in [-0.2, 0) is 4.79 Å². The topological polar surface area (TPSA) is 41.1 Å². The van der Waals surface area contributed by atoms with Gasteiger partial charge in [0.25, 0.3) is 0 Å². The van der Waals surface area contributed by atoms with Crippen molar-refractivity contribution >= 4 is 5.91 Å². The first-order valence-electron chi connectivity index (χ1n) is 6.35. The lowest BCUT2D eigenvalue weighted by Gasteiger charge is -2.26. The first-order chi connectivity index (χ1) is 7.38. The molecule has 16 heavy (non-hydrogen) atoms. The average Bonchev–Trinajstić information content (AvgIpc) is 2.16. The highest BCUT2D eigenvalue weighted by Gasteiger charge is 2.22. The molecule has 0 saturated carbocycles. The summed E-state index contributed by atoms with van der Waals surface area (Å²) in [7, 11) is 0. The molecular weight excluding hydrogens is 200 g/mol. The van der Waals surface area contributed by atoms with Crippen molar-refractivity contribution in [1.29, 1.82) is 0 Å². The van der Waals surface area contributed by atoms with Crippen LogP contribution < -0.4 is 10.6 Å². The largest absolute Gasteiger partial charge is 0.355 e. The molecule has 3 nitrogen and oxygen atoms in total. The van der Waals surface area contributed by atoms with Gasteiger partial charge < -0.3 is 10.6 Å². The highest BCUT2D eigenvalue weighted by atomic mass is 16.1. The van der Waals surface area contributed by atoms with Gasteiger partial charge in [0.1, 0.15) is 0 Å². The van der Waals surface area contributed by atoms with Gasteiger partial charge in [-0.3, -0.25) is 4.79 Å². The van der Waals surface area contributed by atoms with Crippen molar-refractivity contribution in [2.24, 2.45) is 11.3 Å². The molecule has 0 rings (SSSR count). The third kappa shape index (κ3) is 7.69. The first-order valence-corrected chi connectivity index (χ1v) is 6.35. The molecule has 0 heterocycles. The fourth-order valence-electron chi connectivity index (χ4n) is 1.25. The highest BCUT2D eigenvalue weighted by Crippen LogP contribution is 2.27. The number of rotatable bonds is 7. The van der Waals surface area contributed by atoms with Crippen LogP contribution in [0.15, 0.2) is 0 Å². The summed E-state index contributed by atoms with van der Waals surface area (Å²) in [6.45, 7) is 13.4. The summed E-state index contributed by atoms with van der Waals surface area (Å²) in [5.74, 6) is 0.580. The maximum atomic E-state index is 11.6. The summed E-state index contributed by atoms with van der Waals surface area (Å²) in [4.78, 5) is 11.6. The quantitative estimate of drug-likeness (QED) is 0.656. The molecule has 0 saturated heterocycles. The van der Waals surface area contributed by atoms with E-state index in [-0.39, 0.29) is 11.3 Å². The zero-order chi connectivity index (χ0) is 12.6. The predicted octanol–water partition coefficient (Wildman–Crippen LogP) is 2.17. The van der Waals surface area contributed by atoms with Crippen LogP contribution in [0, 0.1) is 11.3 Å². The number of hydrogen-bond donors (Lipinski definition) is 2. The summed E-state index contributed by atoms with van der Waals surface area (Å²) in [6, 6.07) is 0. The fraction of sp³-hybridized carbons (Fsp3) is 0.923. The van der Waals surface area contributed by atoms with E-state index in [0.29, 0.717) is 12.3 Å². The maximum Gasteiger partial charge on any atom is 0.220 e. The number of carbonyl (C=O) groups is 1. The molecule has 1 amide bonds. The monoisotopic (exact) mass is 228 g/mol. The van der Waals surface area contributed by atoms with E-state index in [1.54, 1.807) is 0 Å². The van der Waals surface area contributed by atoms with E-state index in [1.807, 2.05) is 0 Å². The zero-order valence-electron chi connectivity index (χ0n) is 11.5. The summed E-state index contributed by atoms with van der Waals surface area (Å²) >= 11 is 0. The van der Waals surface area contributed by atoms with Crippen molar-refractivity contribution in [2.75, 3.05) is 19.6 Å². The Labute approximate surface area is 100 Å². The number of hydrogen-bond acceptors (Lipinski definition) is 2. The SMILES string of the molecule is CCCNCCNC(=O)CC(C)C(C)(C)C. The predicted molar refractivity (Wildman–Crippen MR) is 69.4 cm³/mol. The Morgan fingerprint density at radius 3 is 2.31 bits per heavy atom. The third-order valence-electron chi connectivity index (χ3n) is 3.02. The minimum Gasteiger partial charge on any atom is -0.355 e. The van der Waals surface area contributed by atoms with Crippen molar-refractivity contribution in [3.63, 3.8) is 0 Å². The van der Waals surface area contributed by atoms with Crippen LogP contribution in [-0.4, -0.2) is 25.5 Å². The first kappa shape index (κ1) is 15.4. The number of nitrogens with one attached hydrogen (secondary N) is 2. The van der Waals surface area contributed by atoms with E-state index >= 15 is 0 Å². The van der Waals surface area contributed by atoms with Gasteiger partial charge in [0.2, 0.25) is 5.91 Å². The summed E-state index contributed by atoms with van der Waals surface area (Å²) in [6.07, 6.45) is 1.76. The van der Waals surface area contributed by atoms with Crippen molar-refractivity contribution in [1.82, 2.24) is 10.6 Å². The molecule has 0 fully saturated rings. The van der Waals surface area contributed by atoms with Gasteiger partial charge in [0, 0.05) is 19.5 Å². The Bertz CT molecular complexity index is 197. The Morgan fingerprint density at radius 1 is 1.19 bits per heavy atom. The molecule has 96 valence electrons. The van der Waals surface area contributed by atoms with Gasteiger partial charge in [0.05, 0.1) is 0 Å². The third-order valence-corrected chi connectivity index (χ3v) is 3.02. The fourth-order valence-corrected chi connectivity index (χ4v) is 1.25. The molecule has 0 aliphatic rings. The van der Waals surface area contributed by atoms with Gasteiger partial charge in [0.15, 0.2) is 0 Å². The molecule has 0 aromatic rings. The van der Waals surface area contributed by atoms with Crippen molar-refractivity contribution in [3.8, 4) is 0 Å². The van der Waals surface area contributed by atoms with Crippen LogP contribution in [0.25, 0.3) is 0 Å². The van der Waals surface area contributed by atoms with Crippen LogP contribution in [0.3, 0.4) is 0 Å². The van der Waals surface area contributed by atoms with Gasteiger partial charge >= 0.3 is 0 Å². The second kappa shape index (κ2) is 7.66. The Morgan fingerprint density at radius 2 is 1.81 bits per heavy atom. The molecule has 1 atom stereocenters. The number of amides is 1. The van der Waals surface area contributed by atoms with Crippen molar-refractivity contribution in [3.05, 3.63) is 0 Å². The lowest BCUT2D eigenvalue weighted by atomic mass is 9.80. The van der Waals surface area contributed by atoms with Gasteiger partial charge in [-0.05, 0) is 24.3 Å². The molecule has 0 aromatic carbocycles. The van der Waals surface area contributed by atoms with E-state index in [0.717, 1.165) is 26.1 Å². The molecule has 2 N–H and O–H groups in total. The van der Waals surface area contributed by atoms with E-state index in [2.05, 4.69) is 45.3 Å². The minimum absolute atomic E-state index is 0.167. The Balaban J connectivity index is 3.59. The molecule has 0 bridgehead atoms. The molecule has 0 aliphatic heterocycles. The van der Waals surface area contributed by atoms with E-state index in [4.69, 9.17) is 0 Å². The van der Waals surface area contributed by atoms with E-state index < -0.39 is 0 Å². The van der Waals surface area contributed by atoms with Crippen LogP contribution in [0.2, 0.25) is 0 Å². The molecule has 0 spiro atoms. The van der Waals surface area contributed by atoms with Crippen LogP contribution in [0.4, 0.5) is 0 Å². The second-order valence-corrected chi connectivity index (χ2v) is 5.57. The minimum atomic E-state index is 0.167. The average molecular weight is 228 g/mol. The van der Waals surface area contributed by atoms with Gasteiger partial charge in [-0.2, -0.15) is 0 Å².